The standard InChI is InChI=1S/C15H21ClN4O/c1-10-5-4-6-12(11(10)2)14(19-17)15-13(16)9-18-20(15)7-8-21-3/h4-6,9,14,19H,7-8,17H2,1-3H3. The zero-order chi connectivity index (χ0) is 15.4. The fourth-order valence-electron chi connectivity index (χ4n) is 2.42. The molecule has 0 saturated heterocycles. The molecule has 0 spiro atoms. The summed E-state index contributed by atoms with van der Waals surface area (Å²) >= 11 is 6.32. The first-order valence-electron chi connectivity index (χ1n) is 6.82. The van der Waals surface area contributed by atoms with Crippen molar-refractivity contribution in [3.8, 4) is 0 Å². The number of hydrogen-bond acceptors (Lipinski definition) is 4. The van der Waals surface area contributed by atoms with Crippen LogP contribution < -0.4 is 11.3 Å². The number of nitrogens with two attached hydrogens (primary N) is 1. The van der Waals surface area contributed by atoms with Gasteiger partial charge in [0, 0.05) is 7.11 Å². The molecule has 1 unspecified atom stereocenters. The second-order valence-electron chi connectivity index (χ2n) is 4.98. The average Bonchev–Trinajstić information content (AvgIpc) is 2.83. The molecule has 0 bridgehead atoms. The van der Waals surface area contributed by atoms with Crippen LogP contribution in [0.5, 0.6) is 0 Å². The number of nitrogens with zero attached hydrogens (tertiary/aromatic N) is 2. The summed E-state index contributed by atoms with van der Waals surface area (Å²) in [5.74, 6) is 5.80. The molecule has 1 aromatic carbocycles. The van der Waals surface area contributed by atoms with Crippen molar-refractivity contribution in [1.29, 1.82) is 0 Å². The van der Waals surface area contributed by atoms with Gasteiger partial charge in [0.2, 0.25) is 0 Å². The van der Waals surface area contributed by atoms with Crippen molar-refractivity contribution < 1.29 is 4.74 Å². The molecule has 2 rings (SSSR count). The summed E-state index contributed by atoms with van der Waals surface area (Å²) in [6, 6.07) is 5.94. The molecular formula is C15H21ClN4O. The molecule has 0 amide bonds. The molecule has 0 aliphatic rings. The third-order valence-electron chi connectivity index (χ3n) is 3.74. The zero-order valence-electron chi connectivity index (χ0n) is 12.6. The number of benzene rings is 1. The van der Waals surface area contributed by atoms with Crippen LogP contribution in [0, 0.1) is 13.8 Å². The minimum Gasteiger partial charge on any atom is -0.383 e. The van der Waals surface area contributed by atoms with Gasteiger partial charge in [-0.25, -0.2) is 5.43 Å². The second-order valence-corrected chi connectivity index (χ2v) is 5.39. The number of hydrogen-bond donors (Lipinski definition) is 2. The van der Waals surface area contributed by atoms with Crippen LogP contribution in [0.4, 0.5) is 0 Å². The lowest BCUT2D eigenvalue weighted by Crippen LogP contribution is -2.32. The number of aromatic nitrogens is 2. The Kier molecular flexibility index (Phi) is 5.36. The van der Waals surface area contributed by atoms with Crippen LogP contribution in [-0.4, -0.2) is 23.5 Å². The summed E-state index contributed by atoms with van der Waals surface area (Å²) in [7, 11) is 1.66. The van der Waals surface area contributed by atoms with Gasteiger partial charge in [-0.2, -0.15) is 5.10 Å². The van der Waals surface area contributed by atoms with Gasteiger partial charge in [0.05, 0.1) is 36.1 Å². The van der Waals surface area contributed by atoms with Gasteiger partial charge in [-0.15, -0.1) is 0 Å². The van der Waals surface area contributed by atoms with Crippen molar-refractivity contribution in [2.75, 3.05) is 13.7 Å². The topological polar surface area (TPSA) is 65.1 Å². The maximum absolute atomic E-state index is 6.32. The van der Waals surface area contributed by atoms with E-state index in [1.165, 1.54) is 11.1 Å². The number of ether oxygens (including phenoxy) is 1. The van der Waals surface area contributed by atoms with E-state index in [9.17, 15) is 0 Å². The summed E-state index contributed by atoms with van der Waals surface area (Å²) in [5, 5.41) is 4.90. The number of halogens is 1. The molecule has 1 aromatic heterocycles. The highest BCUT2D eigenvalue weighted by Gasteiger charge is 2.22. The summed E-state index contributed by atoms with van der Waals surface area (Å²) in [5.41, 5.74) is 7.21. The Morgan fingerprint density at radius 1 is 1.43 bits per heavy atom. The van der Waals surface area contributed by atoms with E-state index >= 15 is 0 Å². The van der Waals surface area contributed by atoms with Crippen LogP contribution in [0.25, 0.3) is 0 Å². The largest absolute Gasteiger partial charge is 0.383 e. The minimum absolute atomic E-state index is 0.211. The van der Waals surface area contributed by atoms with Gasteiger partial charge in [0.1, 0.15) is 0 Å². The third kappa shape index (κ3) is 3.27. The van der Waals surface area contributed by atoms with Crippen LogP contribution in [0.15, 0.2) is 24.4 Å². The summed E-state index contributed by atoms with van der Waals surface area (Å²) in [6.45, 7) is 5.35. The first-order valence-corrected chi connectivity index (χ1v) is 7.20. The monoisotopic (exact) mass is 308 g/mol. The van der Waals surface area contributed by atoms with E-state index in [2.05, 4.69) is 36.5 Å². The van der Waals surface area contributed by atoms with Gasteiger partial charge in [-0.3, -0.25) is 10.5 Å². The molecule has 6 heteroatoms. The van der Waals surface area contributed by atoms with Crippen molar-refractivity contribution in [2.24, 2.45) is 5.84 Å². The van der Waals surface area contributed by atoms with E-state index in [1.54, 1.807) is 13.3 Å². The Hall–Kier alpha value is -1.40. The van der Waals surface area contributed by atoms with Crippen LogP contribution in [0.3, 0.4) is 0 Å². The molecule has 3 N–H and O–H groups in total. The van der Waals surface area contributed by atoms with Crippen molar-refractivity contribution >= 4 is 11.6 Å². The summed E-state index contributed by atoms with van der Waals surface area (Å²) in [4.78, 5) is 0. The van der Waals surface area contributed by atoms with E-state index in [0.29, 0.717) is 18.2 Å². The molecule has 21 heavy (non-hydrogen) atoms. The highest BCUT2D eigenvalue weighted by atomic mass is 35.5. The molecule has 2 aromatic rings. The zero-order valence-corrected chi connectivity index (χ0v) is 13.3. The Morgan fingerprint density at radius 2 is 2.19 bits per heavy atom. The van der Waals surface area contributed by atoms with Crippen LogP contribution in [0.1, 0.15) is 28.4 Å². The Balaban J connectivity index is 2.46. The van der Waals surface area contributed by atoms with E-state index in [-0.39, 0.29) is 6.04 Å². The molecule has 114 valence electrons. The minimum atomic E-state index is -0.211. The number of hydrazine groups is 1. The molecule has 0 radical (unpaired) electrons. The first-order chi connectivity index (χ1) is 10.1. The quantitative estimate of drug-likeness (QED) is 0.635. The van der Waals surface area contributed by atoms with Gasteiger partial charge < -0.3 is 4.74 Å². The maximum atomic E-state index is 6.32. The van der Waals surface area contributed by atoms with Crippen molar-refractivity contribution in [3.05, 3.63) is 51.8 Å². The molecule has 0 aliphatic heterocycles. The van der Waals surface area contributed by atoms with Gasteiger partial charge in [-0.1, -0.05) is 29.8 Å². The predicted octanol–water partition coefficient (Wildman–Crippen LogP) is 2.35. The Morgan fingerprint density at radius 3 is 2.86 bits per heavy atom. The van der Waals surface area contributed by atoms with Crippen LogP contribution >= 0.6 is 11.6 Å². The number of nitrogens with one attached hydrogen (secondary N) is 1. The molecule has 0 fully saturated rings. The number of aryl methyl sites for hydroxylation is 1. The number of methoxy groups -OCH3 is 1. The Bertz CT molecular complexity index is 612. The second kappa shape index (κ2) is 7.04. The molecule has 0 saturated carbocycles. The smallest absolute Gasteiger partial charge is 0.0896 e. The van der Waals surface area contributed by atoms with Crippen LogP contribution in [-0.2, 0) is 11.3 Å². The van der Waals surface area contributed by atoms with Crippen molar-refractivity contribution in [3.63, 3.8) is 0 Å². The normalized spacial score (nSPS) is 12.6. The van der Waals surface area contributed by atoms with E-state index in [4.69, 9.17) is 22.2 Å². The number of rotatable bonds is 6. The lowest BCUT2D eigenvalue weighted by atomic mass is 9.96. The predicted molar refractivity (Wildman–Crippen MR) is 84.2 cm³/mol. The van der Waals surface area contributed by atoms with Crippen molar-refractivity contribution in [2.45, 2.75) is 26.4 Å². The first kappa shape index (κ1) is 16.0. The summed E-state index contributed by atoms with van der Waals surface area (Å²) in [6.07, 6.45) is 1.64. The molecule has 1 heterocycles. The fourth-order valence-corrected chi connectivity index (χ4v) is 2.67. The van der Waals surface area contributed by atoms with Gasteiger partial charge in [0.25, 0.3) is 0 Å². The van der Waals surface area contributed by atoms with E-state index in [0.717, 1.165) is 11.3 Å². The molecule has 1 atom stereocenters. The molecular weight excluding hydrogens is 288 g/mol. The lowest BCUT2D eigenvalue weighted by Gasteiger charge is -2.21. The third-order valence-corrected chi connectivity index (χ3v) is 4.03. The SMILES string of the molecule is COCCn1ncc(Cl)c1C(NN)c1cccc(C)c1C. The molecule has 0 aliphatic carbocycles. The molecule has 5 nitrogen and oxygen atoms in total. The van der Waals surface area contributed by atoms with E-state index in [1.807, 2.05) is 10.7 Å². The fraction of sp³-hybridized carbons (Fsp3) is 0.400. The van der Waals surface area contributed by atoms with Crippen LogP contribution in [0.2, 0.25) is 5.02 Å². The lowest BCUT2D eigenvalue weighted by molar-refractivity contribution is 0.182. The maximum Gasteiger partial charge on any atom is 0.0896 e. The van der Waals surface area contributed by atoms with Gasteiger partial charge in [0.15, 0.2) is 0 Å². The highest BCUT2D eigenvalue weighted by molar-refractivity contribution is 6.31. The Labute approximate surface area is 130 Å². The summed E-state index contributed by atoms with van der Waals surface area (Å²) < 4.78 is 6.95. The van der Waals surface area contributed by atoms with Gasteiger partial charge in [-0.05, 0) is 30.5 Å². The highest BCUT2D eigenvalue weighted by Crippen LogP contribution is 2.30. The van der Waals surface area contributed by atoms with Gasteiger partial charge >= 0.3 is 0 Å². The van der Waals surface area contributed by atoms with E-state index < -0.39 is 0 Å². The average molecular weight is 309 g/mol. The van der Waals surface area contributed by atoms with Crippen molar-refractivity contribution in [1.82, 2.24) is 15.2 Å².